The van der Waals surface area contributed by atoms with Crippen LogP contribution in [-0.2, 0) is 11.2 Å². The molecule has 1 atom stereocenters. The fraction of sp³-hybridized carbons (Fsp3) is 0.214. The Morgan fingerprint density at radius 1 is 1.39 bits per heavy atom. The van der Waals surface area contributed by atoms with Gasteiger partial charge in [0.05, 0.1) is 12.5 Å². The Balaban J connectivity index is 1.93. The van der Waals surface area contributed by atoms with Gasteiger partial charge in [0, 0.05) is 4.88 Å². The molecular weight excluding hydrogens is 249 g/mol. The summed E-state index contributed by atoms with van der Waals surface area (Å²) in [5.41, 5.74) is 0.686. The molecule has 1 heterocycles. The Morgan fingerprint density at radius 2 is 2.22 bits per heavy atom. The van der Waals surface area contributed by atoms with Gasteiger partial charge >= 0.3 is 0 Å². The van der Waals surface area contributed by atoms with Crippen LogP contribution in [0.3, 0.4) is 0 Å². The highest BCUT2D eigenvalue weighted by molar-refractivity contribution is 7.10. The topological polar surface area (TPSA) is 29.1 Å². The molecule has 94 valence electrons. The van der Waals surface area contributed by atoms with Crippen molar-refractivity contribution in [1.29, 1.82) is 0 Å². The summed E-state index contributed by atoms with van der Waals surface area (Å²) in [5, 5.41) is 4.88. The second-order valence-electron chi connectivity index (χ2n) is 4.11. The number of amides is 1. The number of rotatable bonds is 4. The van der Waals surface area contributed by atoms with Crippen molar-refractivity contribution >= 4 is 17.2 Å². The molecule has 2 aromatic rings. The highest BCUT2D eigenvalue weighted by atomic mass is 32.1. The Bertz CT molecular complexity index is 524. The van der Waals surface area contributed by atoms with Crippen molar-refractivity contribution in [2.24, 2.45) is 0 Å². The van der Waals surface area contributed by atoms with Gasteiger partial charge in [-0.15, -0.1) is 11.3 Å². The fourth-order valence-corrected chi connectivity index (χ4v) is 2.47. The molecule has 1 aromatic carbocycles. The molecule has 0 bridgehead atoms. The lowest BCUT2D eigenvalue weighted by Crippen LogP contribution is -2.27. The first-order chi connectivity index (χ1) is 8.65. The van der Waals surface area contributed by atoms with Crippen molar-refractivity contribution in [1.82, 2.24) is 5.32 Å². The van der Waals surface area contributed by atoms with E-state index in [4.69, 9.17) is 0 Å². The summed E-state index contributed by atoms with van der Waals surface area (Å²) in [6.45, 7) is 1.94. The lowest BCUT2D eigenvalue weighted by molar-refractivity contribution is -0.121. The minimum absolute atomic E-state index is 0.00828. The average Bonchev–Trinajstić information content (AvgIpc) is 2.81. The summed E-state index contributed by atoms with van der Waals surface area (Å²) in [6.07, 6.45) is 0.202. The summed E-state index contributed by atoms with van der Waals surface area (Å²) >= 11 is 1.61. The van der Waals surface area contributed by atoms with E-state index in [-0.39, 0.29) is 24.2 Å². The highest BCUT2D eigenvalue weighted by Crippen LogP contribution is 2.18. The van der Waals surface area contributed by atoms with Crippen LogP contribution in [0, 0.1) is 5.82 Å². The normalized spacial score (nSPS) is 12.1. The van der Waals surface area contributed by atoms with E-state index in [9.17, 15) is 9.18 Å². The van der Waals surface area contributed by atoms with E-state index >= 15 is 0 Å². The second-order valence-corrected chi connectivity index (χ2v) is 5.09. The summed E-state index contributed by atoms with van der Waals surface area (Å²) in [5.74, 6) is -0.409. The van der Waals surface area contributed by atoms with Crippen molar-refractivity contribution in [3.8, 4) is 0 Å². The molecule has 18 heavy (non-hydrogen) atoms. The first-order valence-corrected chi connectivity index (χ1v) is 6.60. The number of halogens is 1. The van der Waals surface area contributed by atoms with Crippen molar-refractivity contribution in [3.63, 3.8) is 0 Å². The van der Waals surface area contributed by atoms with E-state index in [1.54, 1.807) is 23.5 Å². The van der Waals surface area contributed by atoms with Gasteiger partial charge < -0.3 is 5.32 Å². The van der Waals surface area contributed by atoms with Gasteiger partial charge in [0.1, 0.15) is 5.82 Å². The number of carbonyl (C=O) groups is 1. The third-order valence-corrected chi connectivity index (χ3v) is 3.66. The minimum atomic E-state index is -0.313. The van der Waals surface area contributed by atoms with Gasteiger partial charge in [-0.2, -0.15) is 0 Å². The predicted octanol–water partition coefficient (Wildman–Crippen LogP) is 3.31. The maximum absolute atomic E-state index is 13.0. The van der Waals surface area contributed by atoms with Gasteiger partial charge in [-0.1, -0.05) is 18.2 Å². The quantitative estimate of drug-likeness (QED) is 0.901. The maximum atomic E-state index is 13.0. The summed E-state index contributed by atoms with van der Waals surface area (Å²) in [7, 11) is 0. The monoisotopic (exact) mass is 263 g/mol. The lowest BCUT2D eigenvalue weighted by Gasteiger charge is -2.12. The molecule has 0 spiro atoms. The molecule has 0 saturated heterocycles. The van der Waals surface area contributed by atoms with Crippen LogP contribution >= 0.6 is 11.3 Å². The van der Waals surface area contributed by atoms with E-state index in [0.717, 1.165) is 4.88 Å². The van der Waals surface area contributed by atoms with Gasteiger partial charge in [-0.25, -0.2) is 4.39 Å². The van der Waals surface area contributed by atoms with Gasteiger partial charge in [-0.3, -0.25) is 4.79 Å². The summed E-state index contributed by atoms with van der Waals surface area (Å²) in [4.78, 5) is 12.9. The predicted molar refractivity (Wildman–Crippen MR) is 71.0 cm³/mol. The number of carbonyl (C=O) groups excluding carboxylic acids is 1. The molecule has 1 amide bonds. The number of hydrogen-bond donors (Lipinski definition) is 1. The van der Waals surface area contributed by atoms with Crippen molar-refractivity contribution < 1.29 is 9.18 Å². The van der Waals surface area contributed by atoms with Crippen LogP contribution in [0.4, 0.5) is 4.39 Å². The van der Waals surface area contributed by atoms with E-state index in [2.05, 4.69) is 5.32 Å². The van der Waals surface area contributed by atoms with Gasteiger partial charge in [0.2, 0.25) is 5.91 Å². The molecular formula is C14H14FNOS. The standard InChI is InChI=1S/C14H14FNOS/c1-10(13-6-3-7-18-13)16-14(17)9-11-4-2-5-12(15)8-11/h2-8,10H,9H2,1H3,(H,16,17). The van der Waals surface area contributed by atoms with Crippen LogP contribution in [0.25, 0.3) is 0 Å². The number of thiophene rings is 1. The molecule has 0 fully saturated rings. The molecule has 1 aromatic heterocycles. The van der Waals surface area contributed by atoms with Crippen LogP contribution < -0.4 is 5.32 Å². The van der Waals surface area contributed by atoms with Gasteiger partial charge in [0.25, 0.3) is 0 Å². The third-order valence-electron chi connectivity index (χ3n) is 2.60. The minimum Gasteiger partial charge on any atom is -0.348 e. The smallest absolute Gasteiger partial charge is 0.224 e. The zero-order chi connectivity index (χ0) is 13.0. The molecule has 0 aliphatic heterocycles. The van der Waals surface area contributed by atoms with Crippen LogP contribution in [0.2, 0.25) is 0 Å². The van der Waals surface area contributed by atoms with Gasteiger partial charge in [0.15, 0.2) is 0 Å². The van der Waals surface area contributed by atoms with Gasteiger partial charge in [-0.05, 0) is 36.1 Å². The van der Waals surface area contributed by atoms with E-state index in [0.29, 0.717) is 5.56 Å². The molecule has 0 saturated carbocycles. The first-order valence-electron chi connectivity index (χ1n) is 5.72. The molecule has 0 radical (unpaired) electrons. The maximum Gasteiger partial charge on any atom is 0.224 e. The SMILES string of the molecule is CC(NC(=O)Cc1cccc(F)c1)c1cccs1. The number of hydrogen-bond acceptors (Lipinski definition) is 2. The van der Waals surface area contributed by atoms with E-state index in [1.165, 1.54) is 12.1 Å². The fourth-order valence-electron chi connectivity index (χ4n) is 1.73. The summed E-state index contributed by atoms with van der Waals surface area (Å²) in [6, 6.07) is 10.0. The lowest BCUT2D eigenvalue weighted by atomic mass is 10.1. The third kappa shape index (κ3) is 3.40. The van der Waals surface area contributed by atoms with Crippen LogP contribution in [0.1, 0.15) is 23.4 Å². The molecule has 2 nitrogen and oxygen atoms in total. The molecule has 0 aliphatic carbocycles. The van der Waals surface area contributed by atoms with Crippen LogP contribution in [0.15, 0.2) is 41.8 Å². The Morgan fingerprint density at radius 3 is 2.89 bits per heavy atom. The zero-order valence-corrected chi connectivity index (χ0v) is 10.8. The molecule has 4 heteroatoms. The van der Waals surface area contributed by atoms with Crippen molar-refractivity contribution in [2.45, 2.75) is 19.4 Å². The Kier molecular flexibility index (Phi) is 4.10. The molecule has 2 rings (SSSR count). The first kappa shape index (κ1) is 12.8. The van der Waals surface area contributed by atoms with E-state index < -0.39 is 0 Å². The molecule has 1 unspecified atom stereocenters. The largest absolute Gasteiger partial charge is 0.348 e. The van der Waals surface area contributed by atoms with Crippen LogP contribution in [-0.4, -0.2) is 5.91 Å². The average molecular weight is 263 g/mol. The molecule has 0 aliphatic rings. The Hall–Kier alpha value is -1.68. The second kappa shape index (κ2) is 5.78. The van der Waals surface area contributed by atoms with Crippen molar-refractivity contribution in [3.05, 3.63) is 58.0 Å². The zero-order valence-electron chi connectivity index (χ0n) is 10.0. The van der Waals surface area contributed by atoms with E-state index in [1.807, 2.05) is 24.4 Å². The number of benzene rings is 1. The van der Waals surface area contributed by atoms with Crippen molar-refractivity contribution in [2.75, 3.05) is 0 Å². The molecule has 1 N–H and O–H groups in total. The number of nitrogens with one attached hydrogen (secondary N) is 1. The highest BCUT2D eigenvalue weighted by Gasteiger charge is 2.10. The Labute approximate surface area is 109 Å². The van der Waals surface area contributed by atoms with Crippen LogP contribution in [0.5, 0.6) is 0 Å². The summed E-state index contributed by atoms with van der Waals surface area (Å²) < 4.78 is 13.0.